The van der Waals surface area contributed by atoms with Crippen LogP contribution in [0.1, 0.15) is 12.8 Å². The number of hydrogen-bond donors (Lipinski definition) is 2. The van der Waals surface area contributed by atoms with Crippen LogP contribution in [0, 0.1) is 9.49 Å². The molecule has 0 amide bonds. The van der Waals surface area contributed by atoms with Gasteiger partial charge in [0.2, 0.25) is 5.95 Å². The lowest BCUT2D eigenvalue weighted by atomic mass is 9.94. The van der Waals surface area contributed by atoms with E-state index in [9.17, 15) is 0 Å². The van der Waals surface area contributed by atoms with Crippen LogP contribution in [-0.2, 0) is 0 Å². The number of anilines is 1. The average Bonchev–Trinajstić information content (AvgIpc) is 3.14. The summed E-state index contributed by atoms with van der Waals surface area (Å²) in [4.78, 5) is 7.02. The number of nitrogens with zero attached hydrogens (tertiary/aromatic N) is 3. The van der Waals surface area contributed by atoms with E-state index in [1.54, 1.807) is 0 Å². The van der Waals surface area contributed by atoms with Gasteiger partial charge in [0.1, 0.15) is 0 Å². The molecule has 3 heterocycles. The van der Waals surface area contributed by atoms with Gasteiger partial charge in [-0.1, -0.05) is 18.2 Å². The zero-order valence-corrected chi connectivity index (χ0v) is 13.9. The van der Waals surface area contributed by atoms with Crippen LogP contribution in [0.5, 0.6) is 0 Å². The summed E-state index contributed by atoms with van der Waals surface area (Å²) in [5, 5.41) is 11.1. The van der Waals surface area contributed by atoms with Crippen LogP contribution in [0.3, 0.4) is 0 Å². The molecule has 0 radical (unpaired) electrons. The summed E-state index contributed by atoms with van der Waals surface area (Å²) in [5.74, 6) is 2.44. The maximum absolute atomic E-state index is 4.71. The number of aromatic nitrogens is 3. The van der Waals surface area contributed by atoms with Gasteiger partial charge in [-0.3, -0.25) is 5.10 Å². The van der Waals surface area contributed by atoms with Gasteiger partial charge < -0.3 is 10.2 Å². The largest absolute Gasteiger partial charge is 0.338 e. The molecule has 1 aromatic carbocycles. The quantitative estimate of drug-likeness (QED) is 0.767. The van der Waals surface area contributed by atoms with Crippen LogP contribution < -0.4 is 10.2 Å². The highest BCUT2D eigenvalue weighted by Crippen LogP contribution is 2.29. The number of hydrogen-bond acceptors (Lipinski definition) is 4. The fourth-order valence-electron chi connectivity index (χ4n) is 3.38. The first-order chi connectivity index (χ1) is 10.3. The van der Waals surface area contributed by atoms with Crippen molar-refractivity contribution in [3.05, 3.63) is 27.8 Å². The number of aromatic amines is 1. The number of halogens is 1. The van der Waals surface area contributed by atoms with Crippen molar-refractivity contribution < 1.29 is 0 Å². The van der Waals surface area contributed by atoms with E-state index < -0.39 is 0 Å². The molecule has 21 heavy (non-hydrogen) atoms. The van der Waals surface area contributed by atoms with Crippen molar-refractivity contribution in [1.29, 1.82) is 0 Å². The summed E-state index contributed by atoms with van der Waals surface area (Å²) in [6.45, 7) is 3.24. The molecule has 2 aromatic rings. The van der Waals surface area contributed by atoms with Crippen molar-refractivity contribution in [3.63, 3.8) is 0 Å². The van der Waals surface area contributed by atoms with Crippen LogP contribution in [-0.4, -0.2) is 40.9 Å². The molecule has 2 aliphatic rings. The summed E-state index contributed by atoms with van der Waals surface area (Å²) in [6.07, 6.45) is 2.61. The molecular weight excluding hydrogens is 377 g/mol. The number of piperidine rings is 1. The van der Waals surface area contributed by atoms with E-state index in [1.165, 1.54) is 16.4 Å². The molecule has 6 heteroatoms. The fourth-order valence-corrected chi connectivity index (χ4v) is 4.02. The Morgan fingerprint density at radius 1 is 1.24 bits per heavy atom. The Balaban J connectivity index is 1.56. The number of fused-ring (bicyclic) bond motifs is 1. The molecular formula is C15H18IN5. The third-order valence-corrected chi connectivity index (χ3v) is 5.43. The van der Waals surface area contributed by atoms with Gasteiger partial charge in [-0.2, -0.15) is 4.98 Å². The van der Waals surface area contributed by atoms with Gasteiger partial charge in [0.25, 0.3) is 0 Å². The zero-order chi connectivity index (χ0) is 14.2. The van der Waals surface area contributed by atoms with Gasteiger partial charge >= 0.3 is 0 Å². The van der Waals surface area contributed by atoms with E-state index >= 15 is 0 Å². The summed E-state index contributed by atoms with van der Waals surface area (Å²) >= 11 is 2.34. The third-order valence-electron chi connectivity index (χ3n) is 4.48. The molecule has 4 rings (SSSR count). The van der Waals surface area contributed by atoms with Crippen LogP contribution in [0.15, 0.2) is 24.3 Å². The normalized spacial score (nSPS) is 25.1. The maximum Gasteiger partial charge on any atom is 0.245 e. The summed E-state index contributed by atoms with van der Waals surface area (Å²) < 4.78 is 1.19. The molecule has 5 nitrogen and oxygen atoms in total. The van der Waals surface area contributed by atoms with E-state index in [4.69, 9.17) is 4.98 Å². The lowest BCUT2D eigenvalue weighted by Crippen LogP contribution is -2.40. The molecule has 2 unspecified atom stereocenters. The van der Waals surface area contributed by atoms with Crippen LogP contribution in [0.2, 0.25) is 0 Å². The van der Waals surface area contributed by atoms with Crippen molar-refractivity contribution in [2.24, 2.45) is 5.92 Å². The SMILES string of the molecule is Ic1ccccc1-c1nc(N2CC3CCCNC3C2)n[nH]1. The first kappa shape index (κ1) is 13.5. The van der Waals surface area contributed by atoms with Crippen molar-refractivity contribution in [1.82, 2.24) is 20.5 Å². The molecule has 2 fully saturated rings. The molecule has 2 aliphatic heterocycles. The van der Waals surface area contributed by atoms with Gasteiger partial charge in [-0.25, -0.2) is 0 Å². The van der Waals surface area contributed by atoms with Crippen LogP contribution >= 0.6 is 22.6 Å². The Morgan fingerprint density at radius 3 is 3.00 bits per heavy atom. The van der Waals surface area contributed by atoms with Crippen molar-refractivity contribution in [2.75, 3.05) is 24.5 Å². The van der Waals surface area contributed by atoms with Gasteiger partial charge in [0.05, 0.1) is 0 Å². The Bertz CT molecular complexity index is 626. The monoisotopic (exact) mass is 395 g/mol. The minimum atomic E-state index is 0.609. The highest BCUT2D eigenvalue weighted by atomic mass is 127. The van der Waals surface area contributed by atoms with E-state index in [0.29, 0.717) is 6.04 Å². The van der Waals surface area contributed by atoms with Gasteiger partial charge in [-0.05, 0) is 54.0 Å². The Morgan fingerprint density at radius 2 is 2.14 bits per heavy atom. The minimum Gasteiger partial charge on any atom is -0.338 e. The minimum absolute atomic E-state index is 0.609. The summed E-state index contributed by atoms with van der Waals surface area (Å²) in [5.41, 5.74) is 1.12. The van der Waals surface area contributed by atoms with E-state index in [0.717, 1.165) is 42.9 Å². The Labute approximate surface area is 137 Å². The predicted molar refractivity (Wildman–Crippen MR) is 91.3 cm³/mol. The van der Waals surface area contributed by atoms with Gasteiger partial charge in [0, 0.05) is 28.3 Å². The molecule has 2 atom stereocenters. The van der Waals surface area contributed by atoms with E-state index in [-0.39, 0.29) is 0 Å². The smallest absolute Gasteiger partial charge is 0.245 e. The third kappa shape index (κ3) is 2.55. The lowest BCUT2D eigenvalue weighted by Gasteiger charge is -2.24. The molecule has 0 aliphatic carbocycles. The van der Waals surface area contributed by atoms with Crippen LogP contribution in [0.25, 0.3) is 11.4 Å². The Hall–Kier alpha value is -1.15. The fraction of sp³-hybridized carbons (Fsp3) is 0.467. The highest BCUT2D eigenvalue weighted by Gasteiger charge is 2.35. The van der Waals surface area contributed by atoms with Crippen molar-refractivity contribution >= 4 is 28.5 Å². The molecule has 0 saturated carbocycles. The summed E-state index contributed by atoms with van der Waals surface area (Å²) in [7, 11) is 0. The molecule has 0 spiro atoms. The zero-order valence-electron chi connectivity index (χ0n) is 11.7. The van der Waals surface area contributed by atoms with Gasteiger partial charge in [0.15, 0.2) is 5.82 Å². The van der Waals surface area contributed by atoms with Crippen molar-refractivity contribution in [2.45, 2.75) is 18.9 Å². The maximum atomic E-state index is 4.71. The molecule has 1 aromatic heterocycles. The highest BCUT2D eigenvalue weighted by molar-refractivity contribution is 14.1. The number of rotatable bonds is 2. The number of benzene rings is 1. The first-order valence-corrected chi connectivity index (χ1v) is 8.55. The first-order valence-electron chi connectivity index (χ1n) is 7.47. The Kier molecular flexibility index (Phi) is 3.58. The standard InChI is InChI=1S/C15H18IN5/c16-12-6-2-1-5-11(12)14-18-15(20-19-14)21-8-10-4-3-7-17-13(10)9-21/h1-2,5-6,10,13,17H,3-4,7-9H2,(H,18,19,20). The van der Waals surface area contributed by atoms with Crippen molar-refractivity contribution in [3.8, 4) is 11.4 Å². The second-order valence-electron chi connectivity index (χ2n) is 5.83. The number of H-pyrrole nitrogens is 1. The molecule has 2 N–H and O–H groups in total. The second-order valence-corrected chi connectivity index (χ2v) is 6.99. The molecule has 0 bridgehead atoms. The van der Waals surface area contributed by atoms with E-state index in [2.05, 4.69) is 55.1 Å². The number of nitrogens with one attached hydrogen (secondary N) is 2. The lowest BCUT2D eigenvalue weighted by molar-refractivity contribution is 0.340. The topological polar surface area (TPSA) is 56.8 Å². The van der Waals surface area contributed by atoms with Crippen LogP contribution in [0.4, 0.5) is 5.95 Å². The molecule has 2 saturated heterocycles. The average molecular weight is 395 g/mol. The summed E-state index contributed by atoms with van der Waals surface area (Å²) in [6, 6.07) is 8.86. The van der Waals surface area contributed by atoms with E-state index in [1.807, 2.05) is 12.1 Å². The molecule has 110 valence electrons. The second kappa shape index (κ2) is 5.57. The van der Waals surface area contributed by atoms with Gasteiger partial charge in [-0.15, -0.1) is 5.10 Å². The predicted octanol–water partition coefficient (Wildman–Crippen LogP) is 2.26.